The first-order chi connectivity index (χ1) is 9.06. The molecule has 2 aromatic rings. The lowest BCUT2D eigenvalue weighted by atomic mass is 10.1. The van der Waals surface area contributed by atoms with Crippen molar-refractivity contribution in [2.45, 2.75) is 0 Å². The molecule has 0 radical (unpaired) electrons. The Hall–Kier alpha value is -2.63. The van der Waals surface area contributed by atoms with Crippen molar-refractivity contribution in [3.63, 3.8) is 0 Å². The molecule has 19 heavy (non-hydrogen) atoms. The predicted octanol–water partition coefficient (Wildman–Crippen LogP) is 1.15. The number of aromatic nitrogens is 2. The minimum Gasteiger partial charge on any atom is -0.493 e. The smallest absolute Gasteiger partial charge is 0.360 e. The molecule has 0 aliphatic heterocycles. The number of ether oxygens (including phenoxy) is 1. The molecule has 1 aromatic heterocycles. The number of nitrogens with zero attached hydrogens (tertiary/aromatic N) is 2. The Balaban J connectivity index is 2.86. The van der Waals surface area contributed by atoms with E-state index >= 15 is 0 Å². The standard InChI is InChI=1S/C13H12N2O4/c1-15-12(16)9(8-6-4-3-5-7-8)11(19-2)10(14-15)13(17)18/h3-7H,1-2H3,(H,17,18). The van der Waals surface area contributed by atoms with Gasteiger partial charge in [-0.25, -0.2) is 9.48 Å². The van der Waals surface area contributed by atoms with E-state index < -0.39 is 11.5 Å². The summed E-state index contributed by atoms with van der Waals surface area (Å²) in [5.74, 6) is -1.27. The first kappa shape index (κ1) is 12.8. The van der Waals surface area contributed by atoms with Gasteiger partial charge in [-0.05, 0) is 5.56 Å². The minimum absolute atomic E-state index is 0.0261. The van der Waals surface area contributed by atoms with Crippen LogP contribution >= 0.6 is 0 Å². The van der Waals surface area contributed by atoms with E-state index in [1.54, 1.807) is 30.3 Å². The van der Waals surface area contributed by atoms with Gasteiger partial charge in [0.1, 0.15) is 0 Å². The molecule has 0 spiro atoms. The van der Waals surface area contributed by atoms with Crippen LogP contribution in [0.15, 0.2) is 35.1 Å². The van der Waals surface area contributed by atoms with E-state index in [2.05, 4.69) is 5.10 Å². The fourth-order valence-corrected chi connectivity index (χ4v) is 1.82. The van der Waals surface area contributed by atoms with Gasteiger partial charge in [-0.3, -0.25) is 4.79 Å². The zero-order valence-electron chi connectivity index (χ0n) is 10.5. The summed E-state index contributed by atoms with van der Waals surface area (Å²) in [7, 11) is 2.72. The monoisotopic (exact) mass is 260 g/mol. The van der Waals surface area contributed by atoms with Gasteiger partial charge in [0.15, 0.2) is 5.75 Å². The van der Waals surface area contributed by atoms with Crippen LogP contribution in [0, 0.1) is 0 Å². The van der Waals surface area contributed by atoms with Crippen LogP contribution in [0.2, 0.25) is 0 Å². The summed E-state index contributed by atoms with van der Waals surface area (Å²) < 4.78 is 6.07. The third-order valence-corrected chi connectivity index (χ3v) is 2.67. The normalized spacial score (nSPS) is 10.2. The van der Waals surface area contributed by atoms with Crippen molar-refractivity contribution in [2.24, 2.45) is 7.05 Å². The second-order valence-corrected chi connectivity index (χ2v) is 3.86. The molecule has 0 aliphatic rings. The first-order valence-electron chi connectivity index (χ1n) is 5.50. The van der Waals surface area contributed by atoms with Crippen molar-refractivity contribution in [3.05, 3.63) is 46.4 Å². The van der Waals surface area contributed by atoms with E-state index in [1.807, 2.05) is 0 Å². The van der Waals surface area contributed by atoms with E-state index in [-0.39, 0.29) is 17.0 Å². The maximum atomic E-state index is 12.2. The van der Waals surface area contributed by atoms with Gasteiger partial charge >= 0.3 is 5.97 Å². The Morgan fingerprint density at radius 1 is 1.32 bits per heavy atom. The van der Waals surface area contributed by atoms with E-state index in [0.29, 0.717) is 5.56 Å². The number of aryl methyl sites for hydroxylation is 1. The molecule has 1 heterocycles. The van der Waals surface area contributed by atoms with Crippen molar-refractivity contribution in [2.75, 3.05) is 7.11 Å². The molecule has 6 heteroatoms. The quantitative estimate of drug-likeness (QED) is 0.895. The zero-order valence-corrected chi connectivity index (χ0v) is 10.5. The van der Waals surface area contributed by atoms with E-state index in [4.69, 9.17) is 9.84 Å². The molecule has 1 N–H and O–H groups in total. The molecule has 6 nitrogen and oxygen atoms in total. The number of benzene rings is 1. The summed E-state index contributed by atoms with van der Waals surface area (Å²) >= 11 is 0. The topological polar surface area (TPSA) is 81.4 Å². The van der Waals surface area contributed by atoms with Crippen molar-refractivity contribution in [3.8, 4) is 16.9 Å². The van der Waals surface area contributed by atoms with Crippen LogP contribution in [0.3, 0.4) is 0 Å². The van der Waals surface area contributed by atoms with Gasteiger partial charge in [0.05, 0.1) is 12.7 Å². The predicted molar refractivity (Wildman–Crippen MR) is 68.4 cm³/mol. The highest BCUT2D eigenvalue weighted by molar-refractivity contribution is 5.91. The molecule has 0 fully saturated rings. The van der Waals surface area contributed by atoms with Crippen LogP contribution in [0.5, 0.6) is 5.75 Å². The lowest BCUT2D eigenvalue weighted by Crippen LogP contribution is -2.25. The van der Waals surface area contributed by atoms with Crippen molar-refractivity contribution >= 4 is 5.97 Å². The molecule has 0 aliphatic carbocycles. The summed E-state index contributed by atoms with van der Waals surface area (Å²) in [6.07, 6.45) is 0. The lowest BCUT2D eigenvalue weighted by molar-refractivity contribution is 0.0683. The number of aromatic carboxylic acids is 1. The molecule has 0 bridgehead atoms. The highest BCUT2D eigenvalue weighted by atomic mass is 16.5. The number of hydrogen-bond acceptors (Lipinski definition) is 4. The van der Waals surface area contributed by atoms with E-state index in [1.165, 1.54) is 14.2 Å². The maximum absolute atomic E-state index is 12.2. The van der Waals surface area contributed by atoms with Crippen LogP contribution in [0.1, 0.15) is 10.5 Å². The van der Waals surface area contributed by atoms with Gasteiger partial charge in [0.25, 0.3) is 5.56 Å². The minimum atomic E-state index is -1.25. The second-order valence-electron chi connectivity index (χ2n) is 3.86. The fourth-order valence-electron chi connectivity index (χ4n) is 1.82. The highest BCUT2D eigenvalue weighted by Gasteiger charge is 2.22. The van der Waals surface area contributed by atoms with Crippen molar-refractivity contribution < 1.29 is 14.6 Å². The Kier molecular flexibility index (Phi) is 3.33. The molecule has 0 atom stereocenters. The summed E-state index contributed by atoms with van der Waals surface area (Å²) in [4.78, 5) is 23.3. The highest BCUT2D eigenvalue weighted by Crippen LogP contribution is 2.28. The summed E-state index contributed by atoms with van der Waals surface area (Å²) in [5, 5.41) is 12.8. The summed E-state index contributed by atoms with van der Waals surface area (Å²) in [6.45, 7) is 0. The van der Waals surface area contributed by atoms with Crippen molar-refractivity contribution in [1.82, 2.24) is 9.78 Å². The van der Waals surface area contributed by atoms with Gasteiger partial charge < -0.3 is 9.84 Å². The molecular weight excluding hydrogens is 248 g/mol. The van der Waals surface area contributed by atoms with Crippen LogP contribution in [0.25, 0.3) is 11.1 Å². The molecule has 0 saturated carbocycles. The molecule has 2 rings (SSSR count). The Bertz CT molecular complexity index is 677. The molecule has 0 saturated heterocycles. The molecule has 0 unspecified atom stereocenters. The average Bonchev–Trinajstić information content (AvgIpc) is 2.41. The Labute approximate surface area is 108 Å². The zero-order chi connectivity index (χ0) is 14.0. The molecule has 98 valence electrons. The number of rotatable bonds is 3. The molecule has 0 amide bonds. The third kappa shape index (κ3) is 2.20. The van der Waals surface area contributed by atoms with Crippen molar-refractivity contribution in [1.29, 1.82) is 0 Å². The number of hydrogen-bond donors (Lipinski definition) is 1. The van der Waals surface area contributed by atoms with Gasteiger partial charge in [-0.2, -0.15) is 5.10 Å². The van der Waals surface area contributed by atoms with Gasteiger partial charge in [0, 0.05) is 7.05 Å². The second kappa shape index (κ2) is 4.93. The Morgan fingerprint density at radius 3 is 2.47 bits per heavy atom. The van der Waals surface area contributed by atoms with E-state index in [9.17, 15) is 9.59 Å². The number of carboxylic acids is 1. The third-order valence-electron chi connectivity index (χ3n) is 2.67. The number of carboxylic acid groups (broad SMARTS) is 1. The summed E-state index contributed by atoms with van der Waals surface area (Å²) in [5.41, 5.74) is 0.0827. The molecule has 1 aromatic carbocycles. The maximum Gasteiger partial charge on any atom is 0.360 e. The molecular formula is C13H12N2O4. The summed E-state index contributed by atoms with van der Waals surface area (Å²) in [6, 6.07) is 8.75. The van der Waals surface area contributed by atoms with Gasteiger partial charge in [-0.1, -0.05) is 30.3 Å². The SMILES string of the molecule is COc1c(C(=O)O)nn(C)c(=O)c1-c1ccccc1. The van der Waals surface area contributed by atoms with E-state index in [0.717, 1.165) is 4.68 Å². The van der Waals surface area contributed by atoms with Crippen LogP contribution in [0.4, 0.5) is 0 Å². The fraction of sp³-hybridized carbons (Fsp3) is 0.154. The van der Waals surface area contributed by atoms with Gasteiger partial charge in [0.2, 0.25) is 5.69 Å². The number of methoxy groups -OCH3 is 1. The van der Waals surface area contributed by atoms with Crippen LogP contribution in [-0.4, -0.2) is 28.0 Å². The van der Waals surface area contributed by atoms with Crippen LogP contribution in [-0.2, 0) is 7.05 Å². The van der Waals surface area contributed by atoms with Crippen LogP contribution < -0.4 is 10.3 Å². The lowest BCUT2D eigenvalue weighted by Gasteiger charge is -2.11. The average molecular weight is 260 g/mol. The Morgan fingerprint density at radius 2 is 1.95 bits per heavy atom. The largest absolute Gasteiger partial charge is 0.493 e. The number of carbonyl (C=O) groups is 1. The first-order valence-corrected chi connectivity index (χ1v) is 5.50. The van der Waals surface area contributed by atoms with Gasteiger partial charge in [-0.15, -0.1) is 0 Å².